The molecule has 6 nitrogen and oxygen atoms in total. The summed E-state index contributed by atoms with van der Waals surface area (Å²) in [5, 5.41) is 6.93. The number of allylic oxidation sites excluding steroid dienone is 1. The second-order valence-corrected chi connectivity index (χ2v) is 13.1. The highest BCUT2D eigenvalue weighted by Crippen LogP contribution is 2.34. The van der Waals surface area contributed by atoms with Gasteiger partial charge in [0.05, 0.1) is 5.69 Å². The molecule has 0 spiro atoms. The fourth-order valence-electron chi connectivity index (χ4n) is 5.60. The van der Waals surface area contributed by atoms with E-state index >= 15 is 0 Å². The van der Waals surface area contributed by atoms with Gasteiger partial charge in [0.15, 0.2) is 0 Å². The maximum absolute atomic E-state index is 5.21. The zero-order valence-corrected chi connectivity index (χ0v) is 25.5. The van der Waals surface area contributed by atoms with Crippen LogP contribution in [0.3, 0.4) is 0 Å². The van der Waals surface area contributed by atoms with Crippen LogP contribution in [-0.4, -0.2) is 53.6 Å². The Balaban J connectivity index is 1.61. The van der Waals surface area contributed by atoms with Gasteiger partial charge in [0.1, 0.15) is 5.82 Å². The van der Waals surface area contributed by atoms with Crippen molar-refractivity contribution in [2.45, 2.75) is 80.2 Å². The zero-order chi connectivity index (χ0) is 28.3. The van der Waals surface area contributed by atoms with Crippen molar-refractivity contribution in [2.75, 3.05) is 42.9 Å². The molecule has 0 atom stereocenters. The number of anilines is 2. The maximum Gasteiger partial charge on any atom is 0.227 e. The third kappa shape index (κ3) is 7.42. The Kier molecular flexibility index (Phi) is 9.05. The van der Waals surface area contributed by atoms with Crippen LogP contribution in [0, 0.1) is 25.2 Å². The van der Waals surface area contributed by atoms with Crippen molar-refractivity contribution in [3.63, 3.8) is 0 Å². The molecule has 1 aromatic heterocycles. The lowest BCUT2D eigenvalue weighted by atomic mass is 9.95. The van der Waals surface area contributed by atoms with Crippen molar-refractivity contribution in [1.82, 2.24) is 20.2 Å². The largest absolute Gasteiger partial charge is 0.385 e. The summed E-state index contributed by atoms with van der Waals surface area (Å²) in [7, 11) is 0. The molecule has 2 aromatic rings. The van der Waals surface area contributed by atoms with E-state index in [4.69, 9.17) is 9.97 Å². The zero-order valence-electron chi connectivity index (χ0n) is 25.5. The average Bonchev–Trinajstić information content (AvgIpc) is 2.89. The van der Waals surface area contributed by atoms with Crippen LogP contribution in [0.1, 0.15) is 77.0 Å². The third-order valence-electron chi connectivity index (χ3n) is 8.22. The smallest absolute Gasteiger partial charge is 0.227 e. The number of nitrogens with one attached hydrogen (secondary N) is 2. The summed E-state index contributed by atoms with van der Waals surface area (Å²) >= 11 is 0. The van der Waals surface area contributed by atoms with Crippen molar-refractivity contribution in [1.29, 1.82) is 0 Å². The monoisotopic (exact) mass is 530 g/mol. The Morgan fingerprint density at radius 2 is 1.67 bits per heavy atom. The number of rotatable bonds is 8. The minimum absolute atomic E-state index is 0.178. The molecule has 0 radical (unpaired) electrons. The Morgan fingerprint density at radius 3 is 2.28 bits per heavy atom. The van der Waals surface area contributed by atoms with Crippen LogP contribution in [0.25, 0.3) is 17.0 Å². The highest BCUT2D eigenvalue weighted by molar-refractivity contribution is 5.76. The SMILES string of the molecule is C=C(C)Nc1nc(N2CCC(N3CCC(C)CC3)CC2)nc(-c2cc(C(=C)NCC(C)(C)C)ccc2C)c1C. The second-order valence-electron chi connectivity index (χ2n) is 13.1. The van der Waals surface area contributed by atoms with E-state index in [0.717, 1.165) is 83.9 Å². The van der Waals surface area contributed by atoms with Crippen molar-refractivity contribution in [2.24, 2.45) is 11.3 Å². The minimum atomic E-state index is 0.178. The molecule has 0 saturated carbocycles. The Morgan fingerprint density at radius 1 is 1.00 bits per heavy atom. The van der Waals surface area contributed by atoms with Crippen LogP contribution >= 0.6 is 0 Å². The first-order valence-electron chi connectivity index (χ1n) is 14.8. The first kappa shape index (κ1) is 29.1. The molecule has 1 aromatic carbocycles. The second kappa shape index (κ2) is 12.1. The van der Waals surface area contributed by atoms with Gasteiger partial charge in [-0.1, -0.05) is 53.0 Å². The number of aryl methyl sites for hydroxylation is 1. The number of hydrogen-bond acceptors (Lipinski definition) is 6. The number of nitrogens with zero attached hydrogens (tertiary/aromatic N) is 4. The standard InChI is InChI=1S/C33H50N6/c1-22(2)35-31-25(5)30(29-20-27(11-10-24(29)4)26(6)34-21-33(7,8)9)36-32(37-31)39-18-14-28(15-19-39)38-16-12-23(3)13-17-38/h10-11,20,23,28,34H,1,6,12-19,21H2,2-5,7-9H3,(H,35,36,37). The van der Waals surface area contributed by atoms with Crippen molar-refractivity contribution >= 4 is 17.5 Å². The molecule has 2 N–H and O–H groups in total. The van der Waals surface area contributed by atoms with Gasteiger partial charge < -0.3 is 20.4 Å². The third-order valence-corrected chi connectivity index (χ3v) is 8.22. The summed E-state index contributed by atoms with van der Waals surface area (Å²) in [4.78, 5) is 15.3. The van der Waals surface area contributed by atoms with Crippen molar-refractivity contribution < 1.29 is 0 Å². The molecule has 2 aliphatic heterocycles. The van der Waals surface area contributed by atoms with Gasteiger partial charge in [0.2, 0.25) is 5.95 Å². The van der Waals surface area contributed by atoms with Crippen LogP contribution in [0.15, 0.2) is 37.1 Å². The van der Waals surface area contributed by atoms with E-state index < -0.39 is 0 Å². The first-order chi connectivity index (χ1) is 18.4. The summed E-state index contributed by atoms with van der Waals surface area (Å²) in [5.74, 6) is 2.51. The lowest BCUT2D eigenvalue weighted by Gasteiger charge is -2.41. The molecule has 212 valence electrons. The predicted molar refractivity (Wildman–Crippen MR) is 167 cm³/mol. The summed E-state index contributed by atoms with van der Waals surface area (Å²) in [6, 6.07) is 7.22. The van der Waals surface area contributed by atoms with E-state index in [1.165, 1.54) is 31.5 Å². The predicted octanol–water partition coefficient (Wildman–Crippen LogP) is 7.01. The van der Waals surface area contributed by atoms with Crippen molar-refractivity contribution in [3.8, 4) is 11.3 Å². The molecule has 2 saturated heterocycles. The van der Waals surface area contributed by atoms with Gasteiger partial charge in [-0.15, -0.1) is 0 Å². The fourth-order valence-corrected chi connectivity index (χ4v) is 5.60. The number of piperidine rings is 2. The molecule has 0 amide bonds. The van der Waals surface area contributed by atoms with Gasteiger partial charge >= 0.3 is 0 Å². The van der Waals surface area contributed by atoms with Crippen LogP contribution < -0.4 is 15.5 Å². The molecular weight excluding hydrogens is 480 g/mol. The average molecular weight is 531 g/mol. The quantitative estimate of drug-likeness (QED) is 0.383. The molecule has 2 aliphatic rings. The molecule has 2 fully saturated rings. The molecule has 4 rings (SSSR count). The highest BCUT2D eigenvalue weighted by Gasteiger charge is 2.29. The molecule has 0 aliphatic carbocycles. The lowest BCUT2D eigenvalue weighted by molar-refractivity contribution is 0.120. The highest BCUT2D eigenvalue weighted by atomic mass is 15.3. The maximum atomic E-state index is 5.21. The first-order valence-corrected chi connectivity index (χ1v) is 14.8. The van der Waals surface area contributed by atoms with E-state index in [-0.39, 0.29) is 5.41 Å². The molecule has 39 heavy (non-hydrogen) atoms. The Bertz CT molecular complexity index is 1180. The molecule has 0 bridgehead atoms. The number of benzene rings is 1. The summed E-state index contributed by atoms with van der Waals surface area (Å²) in [6.45, 7) is 29.0. The molecular formula is C33H50N6. The van der Waals surface area contributed by atoms with Gasteiger partial charge in [-0.25, -0.2) is 4.98 Å². The fraction of sp³-hybridized carbons (Fsp3) is 0.576. The van der Waals surface area contributed by atoms with Gasteiger partial charge in [-0.2, -0.15) is 4.98 Å². The van der Waals surface area contributed by atoms with E-state index in [1.54, 1.807) is 0 Å². The Labute approximate surface area is 237 Å². The van der Waals surface area contributed by atoms with E-state index in [1.807, 2.05) is 6.92 Å². The topological polar surface area (TPSA) is 56.3 Å². The van der Waals surface area contributed by atoms with E-state index in [9.17, 15) is 0 Å². The number of likely N-dealkylation sites (tertiary alicyclic amines) is 1. The molecule has 0 unspecified atom stereocenters. The number of hydrogen-bond donors (Lipinski definition) is 2. The van der Waals surface area contributed by atoms with Crippen LogP contribution in [0.2, 0.25) is 0 Å². The minimum Gasteiger partial charge on any atom is -0.385 e. The summed E-state index contributed by atoms with van der Waals surface area (Å²) < 4.78 is 0. The van der Waals surface area contributed by atoms with Crippen LogP contribution in [0.5, 0.6) is 0 Å². The summed E-state index contributed by atoms with van der Waals surface area (Å²) in [6.07, 6.45) is 4.99. The number of aromatic nitrogens is 2. The summed E-state index contributed by atoms with van der Waals surface area (Å²) in [5.41, 5.74) is 7.39. The molecule has 6 heteroatoms. The van der Waals surface area contributed by atoms with Crippen molar-refractivity contribution in [3.05, 3.63) is 53.7 Å². The van der Waals surface area contributed by atoms with Crippen LogP contribution in [-0.2, 0) is 0 Å². The van der Waals surface area contributed by atoms with Crippen LogP contribution in [0.4, 0.5) is 11.8 Å². The lowest BCUT2D eigenvalue weighted by Crippen LogP contribution is -2.48. The molecule has 3 heterocycles. The van der Waals surface area contributed by atoms with Gasteiger partial charge in [0.25, 0.3) is 0 Å². The van der Waals surface area contributed by atoms with Gasteiger partial charge in [0, 0.05) is 48.2 Å². The normalized spacial score (nSPS) is 17.8. The van der Waals surface area contributed by atoms with Gasteiger partial charge in [-0.3, -0.25) is 0 Å². The Hall–Kier alpha value is -2.86. The van der Waals surface area contributed by atoms with E-state index in [0.29, 0.717) is 6.04 Å². The van der Waals surface area contributed by atoms with Gasteiger partial charge in [-0.05, 0) is 88.1 Å². The van der Waals surface area contributed by atoms with E-state index in [2.05, 4.69) is 93.3 Å².